The zero-order valence-electron chi connectivity index (χ0n) is 29.9. The van der Waals surface area contributed by atoms with Crippen molar-refractivity contribution in [2.24, 2.45) is 0 Å². The van der Waals surface area contributed by atoms with Gasteiger partial charge in [-0.2, -0.15) is 0 Å². The van der Waals surface area contributed by atoms with Crippen molar-refractivity contribution in [1.29, 1.82) is 0 Å². The van der Waals surface area contributed by atoms with Gasteiger partial charge in [0.1, 0.15) is 0 Å². The van der Waals surface area contributed by atoms with E-state index in [9.17, 15) is 0 Å². The van der Waals surface area contributed by atoms with Gasteiger partial charge in [0.15, 0.2) is 0 Å². The first-order valence-corrected chi connectivity index (χ1v) is 19.6. The highest BCUT2D eigenvalue weighted by atomic mass is 32.1. The van der Waals surface area contributed by atoms with E-state index in [0.29, 0.717) is 0 Å². The summed E-state index contributed by atoms with van der Waals surface area (Å²) >= 11 is 1.85. The Morgan fingerprint density at radius 3 is 1.89 bits per heavy atom. The third-order valence-electron chi connectivity index (χ3n) is 11.0. The summed E-state index contributed by atoms with van der Waals surface area (Å²) in [5, 5.41) is 7.61. The summed E-state index contributed by atoms with van der Waals surface area (Å²) < 4.78 is 5.05. The molecule has 0 bridgehead atoms. The predicted octanol–water partition coefficient (Wildman–Crippen LogP) is 15.1. The molecule has 2 aromatic heterocycles. The van der Waals surface area contributed by atoms with Crippen molar-refractivity contribution in [2.75, 3.05) is 4.90 Å². The molecule has 0 aliphatic heterocycles. The van der Waals surface area contributed by atoms with Crippen LogP contribution in [0.1, 0.15) is 0 Å². The summed E-state index contributed by atoms with van der Waals surface area (Å²) in [7, 11) is 0. The Morgan fingerprint density at radius 2 is 1.04 bits per heavy atom. The summed E-state index contributed by atoms with van der Waals surface area (Å²) in [4.78, 5) is 2.42. The van der Waals surface area contributed by atoms with E-state index in [1.807, 2.05) is 11.3 Å². The van der Waals surface area contributed by atoms with Gasteiger partial charge in [-0.3, -0.25) is 0 Å². The molecule has 11 aromatic rings. The highest BCUT2D eigenvalue weighted by Gasteiger charge is 2.20. The summed E-state index contributed by atoms with van der Waals surface area (Å²) in [6.07, 6.45) is 0. The number of hydrogen-bond acceptors (Lipinski definition) is 2. The molecule has 9 aromatic carbocycles. The van der Waals surface area contributed by atoms with Crippen molar-refractivity contribution in [2.45, 2.75) is 0 Å². The molecule has 2 nitrogen and oxygen atoms in total. The molecule has 0 aliphatic rings. The minimum atomic E-state index is 1.11. The van der Waals surface area contributed by atoms with Gasteiger partial charge in [0.2, 0.25) is 0 Å². The number of nitrogens with zero attached hydrogens (tertiary/aromatic N) is 2. The fourth-order valence-corrected chi connectivity index (χ4v) is 9.50. The van der Waals surface area contributed by atoms with Gasteiger partial charge in [0.25, 0.3) is 0 Å². The molecule has 2 heterocycles. The Labute approximate surface area is 323 Å². The van der Waals surface area contributed by atoms with Gasteiger partial charge < -0.3 is 9.47 Å². The van der Waals surface area contributed by atoms with Crippen LogP contribution in [0.3, 0.4) is 0 Å². The lowest BCUT2D eigenvalue weighted by molar-refractivity contribution is 1.19. The number of para-hydroxylation sites is 2. The van der Waals surface area contributed by atoms with E-state index < -0.39 is 0 Å². The molecule has 11 rings (SSSR count). The standard InChI is InChI=1S/C52H34N2S/c1-3-13-36(14-4-1)42-18-9-11-21-48(42)53(41-29-32-51-47(34-41)45-20-10-12-22-50(45)55-51)40-27-23-35(24-28-40)38-26-30-44-46-31-25-37-15-7-8-19-43(37)52(46)54(49(44)33-38)39-16-5-2-6-17-39/h1-34H. The fraction of sp³-hybridized carbons (Fsp3) is 0. The Morgan fingerprint density at radius 1 is 0.382 bits per heavy atom. The molecule has 3 heteroatoms. The van der Waals surface area contributed by atoms with Crippen LogP contribution in [-0.2, 0) is 0 Å². The molecule has 0 saturated heterocycles. The van der Waals surface area contributed by atoms with E-state index in [1.165, 1.54) is 75.0 Å². The van der Waals surface area contributed by atoms with Gasteiger partial charge in [-0.15, -0.1) is 11.3 Å². The number of hydrogen-bond donors (Lipinski definition) is 0. The van der Waals surface area contributed by atoms with Crippen molar-refractivity contribution in [3.8, 4) is 27.9 Å². The number of aromatic nitrogens is 1. The molecule has 0 saturated carbocycles. The van der Waals surface area contributed by atoms with E-state index in [-0.39, 0.29) is 0 Å². The third-order valence-corrected chi connectivity index (χ3v) is 12.1. The van der Waals surface area contributed by atoms with Gasteiger partial charge in [0, 0.05) is 59.0 Å². The topological polar surface area (TPSA) is 8.17 Å². The molecule has 0 aliphatic carbocycles. The van der Waals surface area contributed by atoms with Gasteiger partial charge in [-0.1, -0.05) is 146 Å². The minimum absolute atomic E-state index is 1.11. The van der Waals surface area contributed by atoms with Gasteiger partial charge in [-0.25, -0.2) is 0 Å². The van der Waals surface area contributed by atoms with Crippen molar-refractivity contribution in [3.05, 3.63) is 206 Å². The normalized spacial score (nSPS) is 11.6. The molecule has 0 unspecified atom stereocenters. The highest BCUT2D eigenvalue weighted by Crippen LogP contribution is 2.44. The summed E-state index contributed by atoms with van der Waals surface area (Å²) in [5.74, 6) is 0. The summed E-state index contributed by atoms with van der Waals surface area (Å²) in [6, 6.07) is 75.2. The molecular weight excluding hydrogens is 685 g/mol. The lowest BCUT2D eigenvalue weighted by Gasteiger charge is -2.28. The first kappa shape index (κ1) is 31.6. The number of fused-ring (bicyclic) bond motifs is 8. The van der Waals surface area contributed by atoms with Crippen LogP contribution in [0.5, 0.6) is 0 Å². The van der Waals surface area contributed by atoms with Crippen LogP contribution in [-0.4, -0.2) is 4.57 Å². The van der Waals surface area contributed by atoms with Crippen LogP contribution >= 0.6 is 11.3 Å². The van der Waals surface area contributed by atoms with Crippen molar-refractivity contribution in [3.63, 3.8) is 0 Å². The maximum atomic E-state index is 2.44. The predicted molar refractivity (Wildman–Crippen MR) is 237 cm³/mol. The smallest absolute Gasteiger partial charge is 0.0619 e. The van der Waals surface area contributed by atoms with Crippen molar-refractivity contribution in [1.82, 2.24) is 4.57 Å². The third kappa shape index (κ3) is 5.24. The number of thiophene rings is 1. The largest absolute Gasteiger partial charge is 0.310 e. The van der Waals surface area contributed by atoms with E-state index in [0.717, 1.165) is 22.7 Å². The van der Waals surface area contributed by atoms with E-state index in [4.69, 9.17) is 0 Å². The Balaban J connectivity index is 1.08. The Bertz CT molecular complexity index is 3190. The SMILES string of the molecule is c1ccc(-c2ccccc2N(c2ccc(-c3ccc4c5ccc6ccccc6c5n(-c5ccccc5)c4c3)cc2)c2ccc3sc4ccccc4c3c2)cc1. The van der Waals surface area contributed by atoms with Crippen molar-refractivity contribution < 1.29 is 0 Å². The molecule has 0 N–H and O–H groups in total. The molecule has 0 spiro atoms. The van der Waals surface area contributed by atoms with E-state index in [2.05, 4.69) is 216 Å². The second-order valence-electron chi connectivity index (χ2n) is 14.1. The fourth-order valence-electron chi connectivity index (χ4n) is 8.42. The van der Waals surface area contributed by atoms with Gasteiger partial charge in [0.05, 0.1) is 16.7 Å². The van der Waals surface area contributed by atoms with Crippen molar-refractivity contribution >= 4 is 81.1 Å². The van der Waals surface area contributed by atoms with Crippen LogP contribution in [0, 0.1) is 0 Å². The second kappa shape index (κ2) is 12.9. The summed E-state index contributed by atoms with van der Waals surface area (Å²) in [5.41, 5.74) is 11.7. The average Bonchev–Trinajstić information content (AvgIpc) is 3.80. The van der Waals surface area contributed by atoms with Gasteiger partial charge >= 0.3 is 0 Å². The zero-order chi connectivity index (χ0) is 36.3. The van der Waals surface area contributed by atoms with Crippen LogP contribution in [0.2, 0.25) is 0 Å². The lowest BCUT2D eigenvalue weighted by Crippen LogP contribution is -2.11. The maximum absolute atomic E-state index is 2.44. The van der Waals surface area contributed by atoms with Crippen LogP contribution in [0.25, 0.3) is 80.7 Å². The Hall–Kier alpha value is -6.94. The molecule has 0 radical (unpaired) electrons. The zero-order valence-corrected chi connectivity index (χ0v) is 30.7. The average molecular weight is 719 g/mol. The van der Waals surface area contributed by atoms with E-state index >= 15 is 0 Å². The Kier molecular flexibility index (Phi) is 7.39. The van der Waals surface area contributed by atoms with Crippen LogP contribution in [0.4, 0.5) is 17.1 Å². The maximum Gasteiger partial charge on any atom is 0.0619 e. The van der Waals surface area contributed by atoms with Gasteiger partial charge in [-0.05, 0) is 82.7 Å². The number of benzene rings is 9. The molecule has 258 valence electrons. The molecular formula is C52H34N2S. The number of anilines is 3. The molecule has 55 heavy (non-hydrogen) atoms. The highest BCUT2D eigenvalue weighted by molar-refractivity contribution is 7.25. The quantitative estimate of drug-likeness (QED) is 0.166. The molecule has 0 atom stereocenters. The minimum Gasteiger partial charge on any atom is -0.310 e. The molecule has 0 fully saturated rings. The monoisotopic (exact) mass is 718 g/mol. The van der Waals surface area contributed by atoms with Crippen LogP contribution < -0.4 is 4.90 Å². The first-order chi connectivity index (χ1) is 27.3. The number of rotatable bonds is 6. The van der Waals surface area contributed by atoms with Crippen LogP contribution in [0.15, 0.2) is 206 Å². The second-order valence-corrected chi connectivity index (χ2v) is 15.2. The molecule has 0 amide bonds. The lowest BCUT2D eigenvalue weighted by atomic mass is 10.00. The first-order valence-electron chi connectivity index (χ1n) is 18.8. The van der Waals surface area contributed by atoms with E-state index in [1.54, 1.807) is 0 Å². The summed E-state index contributed by atoms with van der Waals surface area (Å²) in [6.45, 7) is 0.